The third kappa shape index (κ3) is 3.59. The summed E-state index contributed by atoms with van der Waals surface area (Å²) in [6.45, 7) is 1.17. The van der Waals surface area contributed by atoms with Crippen LogP contribution in [0.3, 0.4) is 0 Å². The molecule has 0 unspecified atom stereocenters. The van der Waals surface area contributed by atoms with E-state index in [0.29, 0.717) is 23.7 Å². The van der Waals surface area contributed by atoms with Crippen molar-refractivity contribution in [2.45, 2.75) is 24.5 Å². The van der Waals surface area contributed by atoms with Gasteiger partial charge in [-0.2, -0.15) is 0 Å². The molecule has 0 N–H and O–H groups in total. The van der Waals surface area contributed by atoms with Crippen LogP contribution < -0.4 is 0 Å². The minimum atomic E-state index is -3.98. The minimum Gasteiger partial charge on any atom is -0.408 e. The van der Waals surface area contributed by atoms with Crippen LogP contribution in [-0.4, -0.2) is 48.3 Å². The largest absolute Gasteiger partial charge is 0.408 e. The first-order chi connectivity index (χ1) is 11.5. The van der Waals surface area contributed by atoms with E-state index in [-0.39, 0.29) is 5.89 Å². The highest BCUT2D eigenvalue weighted by Gasteiger charge is 2.29. The summed E-state index contributed by atoms with van der Waals surface area (Å²) in [6.07, 6.45) is 2.84. The van der Waals surface area contributed by atoms with E-state index in [4.69, 9.17) is 16.0 Å². The molecule has 0 bridgehead atoms. The molecule has 1 aliphatic rings. The van der Waals surface area contributed by atoms with Crippen LogP contribution in [0.2, 0.25) is 5.02 Å². The number of carbonyl (C=O) groups excluding carboxylic acids is 1. The molecule has 2 heterocycles. The summed E-state index contributed by atoms with van der Waals surface area (Å²) in [6, 6.07) is 6.73. The van der Waals surface area contributed by atoms with Crippen LogP contribution in [0.25, 0.3) is 11.5 Å². The maximum Gasteiger partial charge on any atom is 0.336 e. The normalized spacial score (nSPS) is 15.5. The predicted molar refractivity (Wildman–Crippen MR) is 87.2 cm³/mol. The Kier molecular flexibility index (Phi) is 4.86. The van der Waals surface area contributed by atoms with Crippen molar-refractivity contribution in [1.29, 1.82) is 0 Å². The fourth-order valence-electron chi connectivity index (χ4n) is 2.54. The van der Waals surface area contributed by atoms with Crippen molar-refractivity contribution in [3.63, 3.8) is 0 Å². The van der Waals surface area contributed by atoms with Crippen LogP contribution in [0, 0.1) is 0 Å². The highest BCUT2D eigenvalue weighted by Crippen LogP contribution is 2.27. The quantitative estimate of drug-likeness (QED) is 0.819. The summed E-state index contributed by atoms with van der Waals surface area (Å²) in [5.74, 6) is -1.10. The molecule has 1 aromatic heterocycles. The van der Waals surface area contributed by atoms with Gasteiger partial charge < -0.3 is 9.32 Å². The first-order valence-corrected chi connectivity index (χ1v) is 9.59. The molecule has 128 valence electrons. The highest BCUT2D eigenvalue weighted by molar-refractivity contribution is 7.91. The zero-order valence-corrected chi connectivity index (χ0v) is 14.4. The number of benzene rings is 1. The lowest BCUT2D eigenvalue weighted by Crippen LogP contribution is -2.39. The van der Waals surface area contributed by atoms with Gasteiger partial charge in [-0.25, -0.2) is 8.42 Å². The fraction of sp³-hybridized carbons (Fsp3) is 0.400. The van der Waals surface area contributed by atoms with E-state index in [1.54, 1.807) is 29.2 Å². The molecule has 3 rings (SSSR count). The van der Waals surface area contributed by atoms with Gasteiger partial charge in [-0.1, -0.05) is 28.8 Å². The van der Waals surface area contributed by atoms with E-state index in [9.17, 15) is 13.2 Å². The van der Waals surface area contributed by atoms with Crippen molar-refractivity contribution in [3.8, 4) is 11.5 Å². The van der Waals surface area contributed by atoms with Crippen molar-refractivity contribution < 1.29 is 17.6 Å². The lowest BCUT2D eigenvalue weighted by atomic mass is 10.1. The van der Waals surface area contributed by atoms with Crippen LogP contribution >= 0.6 is 11.6 Å². The molecule has 1 saturated heterocycles. The van der Waals surface area contributed by atoms with Crippen LogP contribution in [0.1, 0.15) is 19.3 Å². The first-order valence-electron chi connectivity index (χ1n) is 7.56. The second kappa shape index (κ2) is 6.90. The third-order valence-electron chi connectivity index (χ3n) is 3.80. The predicted octanol–water partition coefficient (Wildman–Crippen LogP) is 2.18. The maximum absolute atomic E-state index is 12.3. The maximum atomic E-state index is 12.3. The van der Waals surface area contributed by atoms with E-state index in [2.05, 4.69) is 10.2 Å². The van der Waals surface area contributed by atoms with Gasteiger partial charge in [0.2, 0.25) is 21.6 Å². The average molecular weight is 370 g/mol. The number of piperidine rings is 1. The summed E-state index contributed by atoms with van der Waals surface area (Å²) < 4.78 is 29.9. The zero-order valence-electron chi connectivity index (χ0n) is 12.8. The number of sulfone groups is 1. The molecule has 2 aromatic rings. The molecule has 0 saturated carbocycles. The van der Waals surface area contributed by atoms with E-state index >= 15 is 0 Å². The van der Waals surface area contributed by atoms with E-state index in [0.717, 1.165) is 19.3 Å². The SMILES string of the molecule is O=C(CS(=O)(=O)c1nnc(-c2ccccc2Cl)o1)N1CCCCC1. The Morgan fingerprint density at radius 3 is 2.58 bits per heavy atom. The van der Waals surface area contributed by atoms with Gasteiger partial charge >= 0.3 is 5.22 Å². The van der Waals surface area contributed by atoms with Crippen molar-refractivity contribution in [2.24, 2.45) is 0 Å². The lowest BCUT2D eigenvalue weighted by molar-refractivity contribution is -0.129. The van der Waals surface area contributed by atoms with Crippen LogP contribution in [0.4, 0.5) is 0 Å². The number of hydrogen-bond acceptors (Lipinski definition) is 6. The van der Waals surface area contributed by atoms with E-state index < -0.39 is 26.7 Å². The molecule has 1 amide bonds. The molecule has 9 heteroatoms. The fourth-order valence-corrected chi connectivity index (χ4v) is 3.76. The lowest BCUT2D eigenvalue weighted by Gasteiger charge is -2.26. The van der Waals surface area contributed by atoms with Gasteiger partial charge in [-0.15, -0.1) is 5.10 Å². The summed E-state index contributed by atoms with van der Waals surface area (Å²) >= 11 is 6.03. The van der Waals surface area contributed by atoms with Crippen molar-refractivity contribution in [3.05, 3.63) is 29.3 Å². The van der Waals surface area contributed by atoms with Crippen LogP contribution in [0.5, 0.6) is 0 Å². The van der Waals surface area contributed by atoms with E-state index in [1.165, 1.54) is 0 Å². The topological polar surface area (TPSA) is 93.4 Å². The molecular formula is C15H16ClN3O4S. The molecular weight excluding hydrogens is 354 g/mol. The first kappa shape index (κ1) is 16.9. The molecule has 24 heavy (non-hydrogen) atoms. The standard InChI is InChI=1S/C15H16ClN3O4S/c16-12-7-3-2-6-11(12)14-17-18-15(23-14)24(21,22)10-13(20)19-8-4-1-5-9-19/h2-3,6-7H,1,4-5,8-10H2. The second-order valence-electron chi connectivity index (χ2n) is 5.55. The molecule has 0 spiro atoms. The van der Waals surface area contributed by atoms with Gasteiger partial charge in [0, 0.05) is 13.1 Å². The monoisotopic (exact) mass is 369 g/mol. The number of nitrogens with zero attached hydrogens (tertiary/aromatic N) is 3. The van der Waals surface area contributed by atoms with Gasteiger partial charge in [0.1, 0.15) is 5.75 Å². The number of aromatic nitrogens is 2. The molecule has 1 fully saturated rings. The molecule has 1 aliphatic heterocycles. The molecule has 1 aromatic carbocycles. The highest BCUT2D eigenvalue weighted by atomic mass is 35.5. The number of carbonyl (C=O) groups is 1. The second-order valence-corrected chi connectivity index (χ2v) is 7.83. The van der Waals surface area contributed by atoms with Gasteiger partial charge in [0.25, 0.3) is 0 Å². The number of hydrogen-bond donors (Lipinski definition) is 0. The Bertz CT molecular complexity index is 844. The Morgan fingerprint density at radius 1 is 1.17 bits per heavy atom. The van der Waals surface area contributed by atoms with Crippen molar-refractivity contribution >= 4 is 27.3 Å². The number of amides is 1. The average Bonchev–Trinajstić information content (AvgIpc) is 3.06. The minimum absolute atomic E-state index is 0.00426. The summed E-state index contributed by atoms with van der Waals surface area (Å²) in [5.41, 5.74) is 0.440. The molecule has 7 nitrogen and oxygen atoms in total. The Labute approximate surface area is 144 Å². The van der Waals surface area contributed by atoms with Crippen molar-refractivity contribution in [1.82, 2.24) is 15.1 Å². The Balaban J connectivity index is 1.78. The van der Waals surface area contributed by atoms with Gasteiger partial charge in [-0.3, -0.25) is 4.79 Å². The Morgan fingerprint density at radius 2 is 1.88 bits per heavy atom. The van der Waals surface area contributed by atoms with Crippen LogP contribution in [-0.2, 0) is 14.6 Å². The molecule has 0 atom stereocenters. The smallest absolute Gasteiger partial charge is 0.336 e. The summed E-state index contributed by atoms with van der Waals surface area (Å²) in [7, 11) is -3.98. The third-order valence-corrected chi connectivity index (χ3v) is 5.45. The van der Waals surface area contributed by atoms with Gasteiger partial charge in [0.15, 0.2) is 0 Å². The van der Waals surface area contributed by atoms with Gasteiger partial charge in [-0.05, 0) is 31.4 Å². The summed E-state index contributed by atoms with van der Waals surface area (Å²) in [5, 5.41) is 7.10. The zero-order chi connectivity index (χ0) is 17.2. The number of rotatable bonds is 4. The molecule has 0 aliphatic carbocycles. The number of halogens is 1. The van der Waals surface area contributed by atoms with Crippen LogP contribution in [0.15, 0.2) is 33.9 Å². The number of likely N-dealkylation sites (tertiary alicyclic amines) is 1. The van der Waals surface area contributed by atoms with E-state index in [1.807, 2.05) is 0 Å². The van der Waals surface area contributed by atoms with Gasteiger partial charge in [0.05, 0.1) is 10.6 Å². The van der Waals surface area contributed by atoms with Crippen molar-refractivity contribution in [2.75, 3.05) is 18.8 Å². The Hall–Kier alpha value is -1.93. The summed E-state index contributed by atoms with van der Waals surface area (Å²) in [4.78, 5) is 13.7. The molecule has 0 radical (unpaired) electrons.